The number of piperazine rings is 1. The minimum absolute atomic E-state index is 0.0402. The molecule has 2 heterocycles. The molecule has 1 amide bonds. The second-order valence-corrected chi connectivity index (χ2v) is 14.6. The highest BCUT2D eigenvalue weighted by Gasteiger charge is 2.30. The number of rotatable bonds is 7. The Morgan fingerprint density at radius 3 is 1.71 bits per heavy atom. The van der Waals surface area contributed by atoms with E-state index in [4.69, 9.17) is 4.74 Å². The van der Waals surface area contributed by atoms with Gasteiger partial charge in [0.25, 0.3) is 0 Å². The van der Waals surface area contributed by atoms with Crippen LogP contribution in [-0.4, -0.2) is 88.7 Å². The van der Waals surface area contributed by atoms with Crippen molar-refractivity contribution in [1.82, 2.24) is 13.5 Å². The van der Waals surface area contributed by atoms with Gasteiger partial charge in [-0.2, -0.15) is 8.61 Å². The molecule has 2 aromatic rings. The van der Waals surface area contributed by atoms with Crippen molar-refractivity contribution in [2.75, 3.05) is 52.5 Å². The number of benzene rings is 2. The molecule has 0 aromatic heterocycles. The minimum Gasteiger partial charge on any atom is -0.379 e. The first-order chi connectivity index (χ1) is 17.9. The topological polar surface area (TPSA) is 104 Å². The third-order valence-electron chi connectivity index (χ3n) is 7.11. The molecule has 0 atom stereocenters. The summed E-state index contributed by atoms with van der Waals surface area (Å²) < 4.78 is 59.9. The Kier molecular flexibility index (Phi) is 8.63. The Labute approximate surface area is 226 Å². The van der Waals surface area contributed by atoms with Gasteiger partial charge in [-0.05, 0) is 47.2 Å². The number of carbonyl (C=O) groups is 1. The smallest absolute Gasteiger partial charge is 0.243 e. The number of nitrogens with zero attached hydrogens (tertiary/aromatic N) is 3. The SMILES string of the molecule is CC(C)(C)c1ccc(S(=O)(=O)N2CCN(C(=O)CCc3ccc(S(=O)(=O)N4CCOCC4)cc3)CC2)cc1. The van der Waals surface area contributed by atoms with Crippen LogP contribution < -0.4 is 0 Å². The Morgan fingerprint density at radius 1 is 0.737 bits per heavy atom. The number of amides is 1. The zero-order valence-electron chi connectivity index (χ0n) is 22.3. The number of carbonyl (C=O) groups excluding carboxylic acids is 1. The van der Waals surface area contributed by atoms with Crippen LogP contribution in [0.3, 0.4) is 0 Å². The average Bonchev–Trinajstić information content (AvgIpc) is 2.92. The molecule has 9 nitrogen and oxygen atoms in total. The zero-order valence-corrected chi connectivity index (χ0v) is 23.9. The third kappa shape index (κ3) is 6.45. The molecule has 0 radical (unpaired) electrons. The van der Waals surface area contributed by atoms with Crippen LogP contribution in [0.25, 0.3) is 0 Å². The van der Waals surface area contributed by atoms with Crippen molar-refractivity contribution in [2.45, 2.75) is 48.8 Å². The van der Waals surface area contributed by atoms with Gasteiger partial charge in [0.05, 0.1) is 23.0 Å². The van der Waals surface area contributed by atoms with Crippen molar-refractivity contribution >= 4 is 26.0 Å². The molecule has 0 saturated carbocycles. The lowest BCUT2D eigenvalue weighted by molar-refractivity contribution is -0.132. The highest BCUT2D eigenvalue weighted by atomic mass is 32.2. The van der Waals surface area contributed by atoms with Gasteiger partial charge >= 0.3 is 0 Å². The van der Waals surface area contributed by atoms with E-state index >= 15 is 0 Å². The maximum atomic E-state index is 13.1. The summed E-state index contributed by atoms with van der Waals surface area (Å²) in [6.07, 6.45) is 0.756. The summed E-state index contributed by atoms with van der Waals surface area (Å²) in [4.78, 5) is 15.0. The summed E-state index contributed by atoms with van der Waals surface area (Å²) >= 11 is 0. The van der Waals surface area contributed by atoms with E-state index in [-0.39, 0.29) is 40.6 Å². The number of hydrogen-bond acceptors (Lipinski definition) is 6. The third-order valence-corrected chi connectivity index (χ3v) is 10.9. The van der Waals surface area contributed by atoms with Gasteiger partial charge in [0.2, 0.25) is 26.0 Å². The highest BCUT2D eigenvalue weighted by Crippen LogP contribution is 2.25. The van der Waals surface area contributed by atoms with Gasteiger partial charge in [-0.3, -0.25) is 4.79 Å². The van der Waals surface area contributed by atoms with Crippen LogP contribution in [-0.2, 0) is 41.4 Å². The van der Waals surface area contributed by atoms with E-state index < -0.39 is 20.0 Å². The summed E-state index contributed by atoms with van der Waals surface area (Å²) in [6.45, 7) is 8.91. The van der Waals surface area contributed by atoms with Crippen LogP contribution in [0.15, 0.2) is 58.3 Å². The molecular formula is C27H37N3O6S2. The Bertz CT molecular complexity index is 1320. The quantitative estimate of drug-likeness (QED) is 0.513. The number of morpholine rings is 1. The molecule has 208 valence electrons. The number of sulfonamides is 2. The van der Waals surface area contributed by atoms with Crippen molar-refractivity contribution in [1.29, 1.82) is 0 Å². The van der Waals surface area contributed by atoms with Crippen LogP contribution >= 0.6 is 0 Å². The lowest BCUT2D eigenvalue weighted by atomic mass is 9.87. The molecule has 2 aliphatic heterocycles. The van der Waals surface area contributed by atoms with E-state index in [0.717, 1.165) is 11.1 Å². The predicted molar refractivity (Wildman–Crippen MR) is 145 cm³/mol. The van der Waals surface area contributed by atoms with Gasteiger partial charge in [-0.15, -0.1) is 0 Å². The molecule has 2 aliphatic rings. The molecule has 0 bridgehead atoms. The van der Waals surface area contributed by atoms with Crippen LogP contribution in [0.4, 0.5) is 0 Å². The normalized spacial score (nSPS) is 18.4. The summed E-state index contributed by atoms with van der Waals surface area (Å²) in [5, 5.41) is 0. The van der Waals surface area contributed by atoms with Crippen molar-refractivity contribution in [3.8, 4) is 0 Å². The molecule has 11 heteroatoms. The van der Waals surface area contributed by atoms with E-state index in [1.807, 2.05) is 12.1 Å². The summed E-state index contributed by atoms with van der Waals surface area (Å²) in [7, 11) is -7.17. The second-order valence-electron chi connectivity index (χ2n) is 10.7. The predicted octanol–water partition coefficient (Wildman–Crippen LogP) is 2.47. The van der Waals surface area contributed by atoms with Crippen molar-refractivity contribution in [3.05, 3.63) is 59.7 Å². The molecule has 4 rings (SSSR count). The van der Waals surface area contributed by atoms with Gasteiger partial charge in [-0.1, -0.05) is 45.0 Å². The molecule has 0 N–H and O–H groups in total. The van der Waals surface area contributed by atoms with E-state index in [1.54, 1.807) is 41.3 Å². The number of ether oxygens (including phenoxy) is 1. The zero-order chi connectivity index (χ0) is 27.6. The molecule has 0 aliphatic carbocycles. The van der Waals surface area contributed by atoms with Crippen molar-refractivity contribution < 1.29 is 26.4 Å². The first kappa shape index (κ1) is 28.7. The molecule has 2 fully saturated rings. The van der Waals surface area contributed by atoms with Crippen LogP contribution in [0.5, 0.6) is 0 Å². The van der Waals surface area contributed by atoms with Gasteiger partial charge in [0, 0.05) is 45.7 Å². The maximum absolute atomic E-state index is 13.1. The van der Waals surface area contributed by atoms with E-state index in [1.165, 1.54) is 8.61 Å². The van der Waals surface area contributed by atoms with E-state index in [9.17, 15) is 21.6 Å². The van der Waals surface area contributed by atoms with Crippen molar-refractivity contribution in [3.63, 3.8) is 0 Å². The van der Waals surface area contributed by atoms with E-state index in [2.05, 4.69) is 20.8 Å². The van der Waals surface area contributed by atoms with Crippen LogP contribution in [0, 0.1) is 0 Å². The van der Waals surface area contributed by atoms with Gasteiger partial charge in [-0.25, -0.2) is 16.8 Å². The largest absolute Gasteiger partial charge is 0.379 e. The molecule has 2 saturated heterocycles. The van der Waals surface area contributed by atoms with Gasteiger partial charge in [0.1, 0.15) is 0 Å². The van der Waals surface area contributed by atoms with Crippen LogP contribution in [0.1, 0.15) is 38.3 Å². The Balaban J connectivity index is 1.28. The first-order valence-electron chi connectivity index (χ1n) is 12.9. The fourth-order valence-corrected chi connectivity index (χ4v) is 7.46. The summed E-state index contributed by atoms with van der Waals surface area (Å²) in [6, 6.07) is 13.7. The fourth-order valence-electron chi connectivity index (χ4n) is 4.63. The highest BCUT2D eigenvalue weighted by molar-refractivity contribution is 7.89. The fraction of sp³-hybridized carbons (Fsp3) is 0.519. The lowest BCUT2D eigenvalue weighted by Gasteiger charge is -2.34. The molecule has 0 spiro atoms. The summed E-state index contributed by atoms with van der Waals surface area (Å²) in [5.74, 6) is -0.0402. The standard InChI is InChI=1S/C27H37N3O6S2/c1-27(2,3)23-7-11-25(12-8-23)37(32,33)29-16-14-28(15-17-29)26(31)13-6-22-4-9-24(10-5-22)38(34,35)30-18-20-36-21-19-30/h4-5,7-12H,6,13-21H2,1-3H3. The molecular weight excluding hydrogens is 526 g/mol. The Morgan fingerprint density at radius 2 is 1.21 bits per heavy atom. The van der Waals surface area contributed by atoms with Gasteiger partial charge in [0.15, 0.2) is 0 Å². The first-order valence-corrected chi connectivity index (χ1v) is 15.8. The van der Waals surface area contributed by atoms with Crippen LogP contribution in [0.2, 0.25) is 0 Å². The van der Waals surface area contributed by atoms with Gasteiger partial charge < -0.3 is 9.64 Å². The minimum atomic E-state index is -3.62. The monoisotopic (exact) mass is 563 g/mol. The molecule has 2 aromatic carbocycles. The average molecular weight is 564 g/mol. The van der Waals surface area contributed by atoms with E-state index in [0.29, 0.717) is 45.8 Å². The number of aryl methyl sites for hydroxylation is 1. The lowest BCUT2D eigenvalue weighted by Crippen LogP contribution is -2.50. The molecule has 0 unspecified atom stereocenters. The summed E-state index contributed by atoms with van der Waals surface area (Å²) in [5.41, 5.74) is 1.89. The second kappa shape index (κ2) is 11.4. The maximum Gasteiger partial charge on any atom is 0.243 e. The number of hydrogen-bond donors (Lipinski definition) is 0. The Hall–Kier alpha value is -2.31. The van der Waals surface area contributed by atoms with Crippen molar-refractivity contribution in [2.24, 2.45) is 0 Å². The molecule has 38 heavy (non-hydrogen) atoms.